The fraction of sp³-hybridized carbons (Fsp3) is 0.200. The van der Waals surface area contributed by atoms with Crippen LogP contribution in [0.1, 0.15) is 18.5 Å². The Balaban J connectivity index is 2.08. The maximum Gasteiger partial charge on any atom is 0.205 e. The predicted molar refractivity (Wildman–Crippen MR) is 63.4 cm³/mol. The highest BCUT2D eigenvalue weighted by atomic mass is 35.5. The van der Waals surface area contributed by atoms with Gasteiger partial charge in [-0.1, -0.05) is 35.1 Å². The van der Waals surface area contributed by atoms with E-state index in [-0.39, 0.29) is 6.04 Å². The number of anilines is 1. The second kappa shape index (κ2) is 4.59. The van der Waals surface area contributed by atoms with E-state index in [1.54, 1.807) is 5.51 Å². The Labute approximate surface area is 97.1 Å². The molecule has 0 aliphatic carbocycles. The highest BCUT2D eigenvalue weighted by molar-refractivity contribution is 7.13. The normalized spacial score (nSPS) is 12.4. The Kier molecular flexibility index (Phi) is 3.18. The molecular formula is C10H10ClN3S. The van der Waals surface area contributed by atoms with Crippen molar-refractivity contribution in [3.63, 3.8) is 0 Å². The summed E-state index contributed by atoms with van der Waals surface area (Å²) in [7, 11) is 0. The van der Waals surface area contributed by atoms with Gasteiger partial charge in [-0.25, -0.2) is 0 Å². The molecule has 0 spiro atoms. The van der Waals surface area contributed by atoms with Gasteiger partial charge in [0.05, 0.1) is 6.04 Å². The van der Waals surface area contributed by atoms with Crippen molar-refractivity contribution in [3.05, 3.63) is 40.4 Å². The molecule has 0 amide bonds. The van der Waals surface area contributed by atoms with Gasteiger partial charge in [0.1, 0.15) is 5.51 Å². The summed E-state index contributed by atoms with van der Waals surface area (Å²) in [5.74, 6) is 0. The molecule has 0 radical (unpaired) electrons. The third-order valence-corrected chi connectivity index (χ3v) is 2.94. The minimum Gasteiger partial charge on any atom is -0.354 e. The van der Waals surface area contributed by atoms with E-state index in [4.69, 9.17) is 11.6 Å². The van der Waals surface area contributed by atoms with Gasteiger partial charge >= 0.3 is 0 Å². The van der Waals surface area contributed by atoms with E-state index in [0.717, 1.165) is 10.2 Å². The van der Waals surface area contributed by atoms with Crippen LogP contribution in [0.25, 0.3) is 0 Å². The average Bonchev–Trinajstić information content (AvgIpc) is 2.71. The molecule has 1 aromatic carbocycles. The van der Waals surface area contributed by atoms with Gasteiger partial charge in [-0.3, -0.25) is 0 Å². The molecule has 5 heteroatoms. The molecule has 1 N–H and O–H groups in total. The van der Waals surface area contributed by atoms with Crippen LogP contribution in [0.3, 0.4) is 0 Å². The molecule has 2 aromatic rings. The first-order chi connectivity index (χ1) is 7.25. The average molecular weight is 240 g/mol. The van der Waals surface area contributed by atoms with E-state index < -0.39 is 0 Å². The number of nitrogens with one attached hydrogen (secondary N) is 1. The largest absolute Gasteiger partial charge is 0.354 e. The number of nitrogens with zero attached hydrogens (tertiary/aromatic N) is 2. The molecule has 0 aliphatic rings. The summed E-state index contributed by atoms with van der Waals surface area (Å²) in [4.78, 5) is 0. The Morgan fingerprint density at radius 2 is 2.07 bits per heavy atom. The topological polar surface area (TPSA) is 37.8 Å². The first-order valence-corrected chi connectivity index (χ1v) is 5.79. The van der Waals surface area contributed by atoms with Crippen molar-refractivity contribution in [1.29, 1.82) is 0 Å². The van der Waals surface area contributed by atoms with Crippen LogP contribution in [0.4, 0.5) is 5.13 Å². The van der Waals surface area contributed by atoms with Gasteiger partial charge in [-0.05, 0) is 24.6 Å². The summed E-state index contributed by atoms with van der Waals surface area (Å²) in [6.45, 7) is 2.07. The zero-order valence-electron chi connectivity index (χ0n) is 8.14. The van der Waals surface area contributed by atoms with Crippen molar-refractivity contribution >= 4 is 28.1 Å². The Morgan fingerprint density at radius 1 is 1.33 bits per heavy atom. The zero-order valence-corrected chi connectivity index (χ0v) is 9.72. The Bertz CT molecular complexity index is 413. The monoisotopic (exact) mass is 239 g/mol. The molecule has 0 saturated carbocycles. The third-order valence-electron chi connectivity index (χ3n) is 2.07. The number of aromatic nitrogens is 2. The van der Waals surface area contributed by atoms with Crippen LogP contribution in [-0.4, -0.2) is 10.2 Å². The fourth-order valence-corrected chi connectivity index (χ4v) is 1.92. The molecule has 1 aromatic heterocycles. The lowest BCUT2D eigenvalue weighted by Gasteiger charge is -2.12. The number of hydrogen-bond donors (Lipinski definition) is 1. The third kappa shape index (κ3) is 2.67. The van der Waals surface area contributed by atoms with Crippen LogP contribution in [0, 0.1) is 0 Å². The molecule has 1 heterocycles. The van der Waals surface area contributed by atoms with E-state index >= 15 is 0 Å². The molecule has 2 rings (SSSR count). The number of rotatable bonds is 3. The molecule has 0 fully saturated rings. The summed E-state index contributed by atoms with van der Waals surface area (Å²) < 4.78 is 0. The van der Waals surface area contributed by atoms with Crippen LogP contribution >= 0.6 is 22.9 Å². The quantitative estimate of drug-likeness (QED) is 0.893. The Hall–Kier alpha value is -1.13. The molecule has 0 aliphatic heterocycles. The minimum absolute atomic E-state index is 0.204. The summed E-state index contributed by atoms with van der Waals surface area (Å²) in [5.41, 5.74) is 2.88. The molecular weight excluding hydrogens is 230 g/mol. The molecule has 0 bridgehead atoms. The number of halogens is 1. The lowest BCUT2D eigenvalue weighted by Crippen LogP contribution is -2.05. The van der Waals surface area contributed by atoms with Crippen LogP contribution in [0.2, 0.25) is 5.02 Å². The standard InChI is InChI=1S/C10H10ClN3S/c1-7(13-10-14-12-6-15-10)8-2-4-9(11)5-3-8/h2-7H,1H3,(H,13,14). The van der Waals surface area contributed by atoms with Crippen molar-refractivity contribution in [3.8, 4) is 0 Å². The first kappa shape index (κ1) is 10.4. The van der Waals surface area contributed by atoms with Gasteiger partial charge < -0.3 is 5.32 Å². The van der Waals surface area contributed by atoms with E-state index in [0.29, 0.717) is 0 Å². The summed E-state index contributed by atoms with van der Waals surface area (Å²) in [6.07, 6.45) is 0. The van der Waals surface area contributed by atoms with Crippen molar-refractivity contribution in [2.24, 2.45) is 0 Å². The van der Waals surface area contributed by atoms with E-state index in [1.807, 2.05) is 24.3 Å². The van der Waals surface area contributed by atoms with Gasteiger partial charge in [0.15, 0.2) is 0 Å². The lowest BCUT2D eigenvalue weighted by molar-refractivity contribution is 0.874. The van der Waals surface area contributed by atoms with Crippen LogP contribution in [0.5, 0.6) is 0 Å². The van der Waals surface area contributed by atoms with Gasteiger partial charge in [0.2, 0.25) is 5.13 Å². The Morgan fingerprint density at radius 3 is 2.67 bits per heavy atom. The predicted octanol–water partition coefficient (Wildman–Crippen LogP) is 3.36. The van der Waals surface area contributed by atoms with Crippen LogP contribution in [0.15, 0.2) is 29.8 Å². The van der Waals surface area contributed by atoms with E-state index in [2.05, 4.69) is 22.4 Å². The van der Waals surface area contributed by atoms with Gasteiger partial charge in [-0.2, -0.15) is 0 Å². The van der Waals surface area contributed by atoms with Crippen LogP contribution < -0.4 is 5.32 Å². The minimum atomic E-state index is 0.204. The van der Waals surface area contributed by atoms with Crippen molar-refractivity contribution < 1.29 is 0 Å². The van der Waals surface area contributed by atoms with Gasteiger partial charge in [-0.15, -0.1) is 10.2 Å². The molecule has 0 saturated heterocycles. The van der Waals surface area contributed by atoms with E-state index in [1.165, 1.54) is 16.9 Å². The molecule has 15 heavy (non-hydrogen) atoms. The highest BCUT2D eigenvalue weighted by Crippen LogP contribution is 2.21. The molecule has 78 valence electrons. The van der Waals surface area contributed by atoms with Crippen LogP contribution in [-0.2, 0) is 0 Å². The summed E-state index contributed by atoms with van der Waals surface area (Å²) >= 11 is 7.31. The SMILES string of the molecule is CC(Nc1nncs1)c1ccc(Cl)cc1. The molecule has 1 atom stereocenters. The molecule has 3 nitrogen and oxygen atoms in total. The lowest BCUT2D eigenvalue weighted by atomic mass is 10.1. The first-order valence-electron chi connectivity index (χ1n) is 4.54. The zero-order chi connectivity index (χ0) is 10.7. The van der Waals surface area contributed by atoms with Gasteiger partial charge in [0, 0.05) is 5.02 Å². The maximum absolute atomic E-state index is 5.82. The molecule has 1 unspecified atom stereocenters. The van der Waals surface area contributed by atoms with Gasteiger partial charge in [0.25, 0.3) is 0 Å². The number of benzene rings is 1. The highest BCUT2D eigenvalue weighted by Gasteiger charge is 2.06. The second-order valence-electron chi connectivity index (χ2n) is 3.16. The maximum atomic E-state index is 5.82. The summed E-state index contributed by atoms with van der Waals surface area (Å²) in [5, 5.41) is 12.5. The smallest absolute Gasteiger partial charge is 0.205 e. The number of hydrogen-bond acceptors (Lipinski definition) is 4. The van der Waals surface area contributed by atoms with E-state index in [9.17, 15) is 0 Å². The fourth-order valence-electron chi connectivity index (χ4n) is 1.26. The van der Waals surface area contributed by atoms with Crippen molar-refractivity contribution in [1.82, 2.24) is 10.2 Å². The van der Waals surface area contributed by atoms with Crippen molar-refractivity contribution in [2.75, 3.05) is 5.32 Å². The second-order valence-corrected chi connectivity index (χ2v) is 4.43. The van der Waals surface area contributed by atoms with Crippen molar-refractivity contribution in [2.45, 2.75) is 13.0 Å². The summed E-state index contributed by atoms with van der Waals surface area (Å²) in [6, 6.07) is 7.97.